The summed E-state index contributed by atoms with van der Waals surface area (Å²) in [5.41, 5.74) is 1.74. The van der Waals surface area contributed by atoms with Gasteiger partial charge < -0.3 is 25.7 Å². The number of thioether (sulfide) groups is 1. The quantitative estimate of drug-likeness (QED) is 0.341. The first-order chi connectivity index (χ1) is 20.2. The Labute approximate surface area is 260 Å². The Kier molecular flexibility index (Phi) is 10.2. The van der Waals surface area contributed by atoms with E-state index in [1.807, 2.05) is 44.2 Å². The van der Waals surface area contributed by atoms with Crippen molar-refractivity contribution < 1.29 is 24.6 Å². The van der Waals surface area contributed by atoms with Gasteiger partial charge in [-0.05, 0) is 81.9 Å². The van der Waals surface area contributed by atoms with Crippen LogP contribution in [0.2, 0.25) is 0 Å². The van der Waals surface area contributed by atoms with Crippen LogP contribution in [0.4, 0.5) is 0 Å². The van der Waals surface area contributed by atoms with Crippen LogP contribution >= 0.6 is 11.8 Å². The van der Waals surface area contributed by atoms with Gasteiger partial charge in [-0.3, -0.25) is 14.4 Å². The third-order valence-electron chi connectivity index (χ3n) is 9.17. The Bertz CT molecular complexity index is 1300. The summed E-state index contributed by atoms with van der Waals surface area (Å²) in [6.07, 6.45) is 2.54. The number of amides is 3. The average molecular weight is 610 g/mol. The van der Waals surface area contributed by atoms with Crippen molar-refractivity contribution in [1.82, 2.24) is 15.5 Å². The molecule has 1 saturated heterocycles. The number of aliphatic hydroxyl groups excluding tert-OH is 1. The largest absolute Gasteiger partial charge is 0.508 e. The highest BCUT2D eigenvalue weighted by Crippen LogP contribution is 2.41. The second-order valence-electron chi connectivity index (χ2n) is 13.7. The predicted octanol–water partition coefficient (Wildman–Crippen LogP) is 4.80. The molecule has 0 bridgehead atoms. The molecular weight excluding hydrogens is 562 g/mol. The van der Waals surface area contributed by atoms with Gasteiger partial charge in [0.25, 0.3) is 11.8 Å². The summed E-state index contributed by atoms with van der Waals surface area (Å²) in [7, 11) is 0. The smallest absolute Gasteiger partial charge is 0.254 e. The first-order valence-corrected chi connectivity index (χ1v) is 16.2. The molecular formula is C34H47N3O5S. The van der Waals surface area contributed by atoms with Crippen LogP contribution in [0.5, 0.6) is 5.75 Å². The van der Waals surface area contributed by atoms with Crippen molar-refractivity contribution in [1.29, 1.82) is 0 Å². The highest BCUT2D eigenvalue weighted by molar-refractivity contribution is 8.00. The second-order valence-corrected chi connectivity index (χ2v) is 15.3. The molecule has 4 rings (SSSR count). The van der Waals surface area contributed by atoms with E-state index in [4.69, 9.17) is 0 Å². The lowest BCUT2D eigenvalue weighted by Gasteiger charge is -2.38. The molecule has 0 aromatic heterocycles. The van der Waals surface area contributed by atoms with Gasteiger partial charge in [0, 0.05) is 21.9 Å². The standard InChI is InChI=1S/C34H47N3O5S/c1-21-25(13-10-14-27(21)38)30(40)36-26(19-22-11-8-7-9-12-22)28(39)32(42)37-20-43-34(5,6)29(37)31(41)35-24-17-15-23(16-18-24)33(2,3)4/h7-14,23-24,26,28-29,38-39H,15-20H2,1-6H3,(H,35,41)(H,36,40). The molecule has 234 valence electrons. The van der Waals surface area contributed by atoms with Crippen molar-refractivity contribution >= 4 is 29.5 Å². The molecule has 0 radical (unpaired) electrons. The molecule has 3 unspecified atom stereocenters. The van der Waals surface area contributed by atoms with Gasteiger partial charge in [-0.2, -0.15) is 0 Å². The number of nitrogens with zero attached hydrogens (tertiary/aromatic N) is 1. The normalized spacial score (nSPS) is 23.3. The Morgan fingerprint density at radius 2 is 1.67 bits per heavy atom. The van der Waals surface area contributed by atoms with E-state index in [-0.39, 0.29) is 41.0 Å². The molecule has 8 nitrogen and oxygen atoms in total. The fourth-order valence-corrected chi connectivity index (χ4v) is 7.50. The minimum absolute atomic E-state index is 0.0130. The number of phenolic OH excluding ortho intramolecular Hbond substituents is 1. The molecule has 2 aromatic rings. The number of carbonyl (C=O) groups excluding carboxylic acids is 3. The molecule has 43 heavy (non-hydrogen) atoms. The molecule has 2 aliphatic rings. The first-order valence-electron chi connectivity index (χ1n) is 15.2. The molecule has 1 heterocycles. The molecule has 2 fully saturated rings. The molecule has 3 amide bonds. The first kappa shape index (κ1) is 32.9. The molecule has 1 saturated carbocycles. The predicted molar refractivity (Wildman–Crippen MR) is 171 cm³/mol. The number of carbonyl (C=O) groups is 3. The maximum atomic E-state index is 14.0. The van der Waals surface area contributed by atoms with Gasteiger partial charge in [0.15, 0.2) is 6.10 Å². The van der Waals surface area contributed by atoms with Crippen LogP contribution in [-0.4, -0.2) is 67.7 Å². The van der Waals surface area contributed by atoms with Gasteiger partial charge in [0.2, 0.25) is 5.91 Å². The van der Waals surface area contributed by atoms with E-state index in [0.717, 1.165) is 31.2 Å². The van der Waals surface area contributed by atoms with Crippen LogP contribution < -0.4 is 10.6 Å². The minimum atomic E-state index is -1.59. The monoisotopic (exact) mass is 609 g/mol. The van der Waals surface area contributed by atoms with Crippen LogP contribution in [-0.2, 0) is 16.0 Å². The number of aliphatic hydroxyl groups is 1. The number of rotatable bonds is 8. The minimum Gasteiger partial charge on any atom is -0.508 e. The lowest BCUT2D eigenvalue weighted by atomic mass is 9.71. The lowest BCUT2D eigenvalue weighted by Crippen LogP contribution is -2.59. The highest BCUT2D eigenvalue weighted by atomic mass is 32.2. The van der Waals surface area contributed by atoms with E-state index in [9.17, 15) is 24.6 Å². The Morgan fingerprint density at radius 1 is 1.02 bits per heavy atom. The van der Waals surface area contributed by atoms with Crippen molar-refractivity contribution in [2.45, 2.75) is 103 Å². The molecule has 0 spiro atoms. The average Bonchev–Trinajstić information content (AvgIpc) is 3.28. The van der Waals surface area contributed by atoms with Crippen molar-refractivity contribution in [3.05, 3.63) is 65.2 Å². The Morgan fingerprint density at radius 3 is 2.30 bits per heavy atom. The zero-order valence-corrected chi connectivity index (χ0v) is 27.0. The van der Waals surface area contributed by atoms with E-state index in [1.165, 1.54) is 22.7 Å². The van der Waals surface area contributed by atoms with Gasteiger partial charge in [0.1, 0.15) is 11.8 Å². The lowest BCUT2D eigenvalue weighted by molar-refractivity contribution is -0.147. The number of hydrogen-bond donors (Lipinski definition) is 4. The van der Waals surface area contributed by atoms with E-state index in [0.29, 0.717) is 11.5 Å². The summed E-state index contributed by atoms with van der Waals surface area (Å²) >= 11 is 1.50. The number of nitrogens with one attached hydrogen (secondary N) is 2. The molecule has 3 atom stereocenters. The van der Waals surface area contributed by atoms with Crippen molar-refractivity contribution in [3.8, 4) is 5.75 Å². The van der Waals surface area contributed by atoms with Crippen LogP contribution in [0.15, 0.2) is 48.5 Å². The summed E-state index contributed by atoms with van der Waals surface area (Å²) in [6, 6.07) is 12.3. The van der Waals surface area contributed by atoms with E-state index in [2.05, 4.69) is 31.4 Å². The van der Waals surface area contributed by atoms with Gasteiger partial charge in [-0.1, -0.05) is 57.2 Å². The Balaban J connectivity index is 1.52. The van der Waals surface area contributed by atoms with E-state index < -0.39 is 34.7 Å². The van der Waals surface area contributed by atoms with Gasteiger partial charge >= 0.3 is 0 Å². The van der Waals surface area contributed by atoms with Crippen LogP contribution in [0.3, 0.4) is 0 Å². The van der Waals surface area contributed by atoms with Crippen molar-refractivity contribution in [2.75, 3.05) is 5.88 Å². The number of phenols is 1. The van der Waals surface area contributed by atoms with Crippen LogP contribution in [0.1, 0.15) is 81.8 Å². The summed E-state index contributed by atoms with van der Waals surface area (Å²) in [5.74, 6) is -0.432. The summed E-state index contributed by atoms with van der Waals surface area (Å²) in [4.78, 5) is 42.5. The van der Waals surface area contributed by atoms with Gasteiger partial charge in [-0.15, -0.1) is 11.8 Å². The van der Waals surface area contributed by atoms with E-state index in [1.54, 1.807) is 19.1 Å². The Hall–Kier alpha value is -3.04. The number of benzene rings is 2. The SMILES string of the molecule is Cc1c(O)cccc1C(=O)NC(Cc1ccccc1)C(O)C(=O)N1CSC(C)(C)C1C(=O)NC1CCC(C(C)(C)C)CC1. The van der Waals surface area contributed by atoms with E-state index >= 15 is 0 Å². The van der Waals surface area contributed by atoms with Crippen LogP contribution in [0.25, 0.3) is 0 Å². The van der Waals surface area contributed by atoms with Gasteiger partial charge in [0.05, 0.1) is 11.9 Å². The summed E-state index contributed by atoms with van der Waals surface area (Å²) < 4.78 is -0.557. The van der Waals surface area contributed by atoms with Crippen LogP contribution in [0, 0.1) is 18.3 Å². The molecule has 1 aliphatic carbocycles. The second kappa shape index (κ2) is 13.3. The topological polar surface area (TPSA) is 119 Å². The van der Waals surface area contributed by atoms with Crippen molar-refractivity contribution in [2.24, 2.45) is 11.3 Å². The fourth-order valence-electron chi connectivity index (χ4n) is 6.36. The zero-order chi connectivity index (χ0) is 31.5. The maximum absolute atomic E-state index is 14.0. The number of aromatic hydroxyl groups is 1. The maximum Gasteiger partial charge on any atom is 0.254 e. The molecule has 4 N–H and O–H groups in total. The molecule has 9 heteroatoms. The summed E-state index contributed by atoms with van der Waals surface area (Å²) in [6.45, 7) is 12.3. The number of hydrogen-bond acceptors (Lipinski definition) is 6. The third kappa shape index (κ3) is 7.73. The van der Waals surface area contributed by atoms with Gasteiger partial charge in [-0.25, -0.2) is 0 Å². The highest BCUT2D eigenvalue weighted by Gasteiger charge is 2.50. The third-order valence-corrected chi connectivity index (χ3v) is 10.5. The summed E-state index contributed by atoms with van der Waals surface area (Å²) in [5, 5.41) is 27.7. The molecule has 2 aromatic carbocycles. The molecule has 1 aliphatic heterocycles. The fraction of sp³-hybridized carbons (Fsp3) is 0.559. The zero-order valence-electron chi connectivity index (χ0n) is 26.2. The van der Waals surface area contributed by atoms with Crippen molar-refractivity contribution in [3.63, 3.8) is 0 Å².